The summed E-state index contributed by atoms with van der Waals surface area (Å²) < 4.78 is 13.6. The van der Waals surface area contributed by atoms with Crippen molar-refractivity contribution in [3.8, 4) is 0 Å². The van der Waals surface area contributed by atoms with Crippen molar-refractivity contribution in [3.05, 3.63) is 35.1 Å². The summed E-state index contributed by atoms with van der Waals surface area (Å²) in [7, 11) is 0. The number of benzene rings is 1. The SMILES string of the molecule is Cc1ccc(F)cc1C(CN)N1CCC2(CCCC2)CC1. The zero-order valence-corrected chi connectivity index (χ0v) is 13.1. The largest absolute Gasteiger partial charge is 0.329 e. The summed E-state index contributed by atoms with van der Waals surface area (Å²) in [5.74, 6) is -0.154. The minimum absolute atomic E-state index is 0.154. The van der Waals surface area contributed by atoms with Crippen LogP contribution in [0.2, 0.25) is 0 Å². The highest BCUT2D eigenvalue weighted by molar-refractivity contribution is 5.30. The first-order chi connectivity index (χ1) is 10.1. The van der Waals surface area contributed by atoms with Crippen LogP contribution in [0.1, 0.15) is 55.7 Å². The van der Waals surface area contributed by atoms with E-state index in [0.29, 0.717) is 12.0 Å². The first kappa shape index (κ1) is 15.0. The van der Waals surface area contributed by atoms with Crippen molar-refractivity contribution in [1.82, 2.24) is 4.90 Å². The van der Waals surface area contributed by atoms with Crippen molar-refractivity contribution >= 4 is 0 Å². The minimum Gasteiger partial charge on any atom is -0.329 e. The molecule has 2 fully saturated rings. The van der Waals surface area contributed by atoms with E-state index in [1.165, 1.54) is 44.6 Å². The third kappa shape index (κ3) is 3.00. The molecule has 2 N–H and O–H groups in total. The van der Waals surface area contributed by atoms with Crippen molar-refractivity contribution in [2.45, 2.75) is 51.5 Å². The highest BCUT2D eigenvalue weighted by atomic mass is 19.1. The number of hydrogen-bond acceptors (Lipinski definition) is 2. The normalized spacial score (nSPS) is 23.6. The smallest absolute Gasteiger partial charge is 0.123 e. The first-order valence-corrected chi connectivity index (χ1v) is 8.34. The quantitative estimate of drug-likeness (QED) is 0.917. The maximum absolute atomic E-state index is 13.6. The van der Waals surface area contributed by atoms with Gasteiger partial charge in [-0.05, 0) is 74.4 Å². The van der Waals surface area contributed by atoms with E-state index in [0.717, 1.165) is 24.2 Å². The lowest BCUT2D eigenvalue weighted by Gasteiger charge is -2.43. The van der Waals surface area contributed by atoms with Crippen LogP contribution in [-0.2, 0) is 0 Å². The Morgan fingerprint density at radius 3 is 2.48 bits per heavy atom. The van der Waals surface area contributed by atoms with Gasteiger partial charge in [0.05, 0.1) is 0 Å². The molecule has 1 aromatic rings. The summed E-state index contributed by atoms with van der Waals surface area (Å²) in [6.07, 6.45) is 8.21. The summed E-state index contributed by atoms with van der Waals surface area (Å²) in [5.41, 5.74) is 8.87. The molecule has 2 aliphatic rings. The second-order valence-corrected chi connectivity index (χ2v) is 7.00. The maximum atomic E-state index is 13.6. The van der Waals surface area contributed by atoms with Crippen LogP contribution < -0.4 is 5.73 Å². The number of nitrogens with two attached hydrogens (primary N) is 1. The number of likely N-dealkylation sites (tertiary alicyclic amines) is 1. The van der Waals surface area contributed by atoms with Crippen molar-refractivity contribution in [3.63, 3.8) is 0 Å². The van der Waals surface area contributed by atoms with Gasteiger partial charge in [-0.25, -0.2) is 4.39 Å². The second-order valence-electron chi connectivity index (χ2n) is 7.00. The molecule has 1 spiro atoms. The fourth-order valence-electron chi connectivity index (χ4n) is 4.38. The van der Waals surface area contributed by atoms with Crippen LogP contribution in [0.4, 0.5) is 4.39 Å². The molecule has 2 nitrogen and oxygen atoms in total. The zero-order chi connectivity index (χ0) is 14.9. The van der Waals surface area contributed by atoms with Gasteiger partial charge in [-0.3, -0.25) is 4.90 Å². The lowest BCUT2D eigenvalue weighted by atomic mass is 9.76. The van der Waals surface area contributed by atoms with Crippen LogP contribution in [0.5, 0.6) is 0 Å². The lowest BCUT2D eigenvalue weighted by Crippen LogP contribution is -2.43. The molecule has 0 aromatic heterocycles. The molecule has 1 saturated carbocycles. The van der Waals surface area contributed by atoms with Crippen molar-refractivity contribution < 1.29 is 4.39 Å². The Morgan fingerprint density at radius 2 is 1.86 bits per heavy atom. The van der Waals surface area contributed by atoms with Gasteiger partial charge in [0, 0.05) is 12.6 Å². The number of aryl methyl sites for hydroxylation is 1. The highest BCUT2D eigenvalue weighted by Gasteiger charge is 2.38. The molecule has 3 rings (SSSR count). The standard InChI is InChI=1S/C18H27FN2/c1-14-4-5-15(19)12-16(14)17(13-20)21-10-8-18(9-11-21)6-2-3-7-18/h4-5,12,17H,2-3,6-11,13,20H2,1H3. The fraction of sp³-hybridized carbons (Fsp3) is 0.667. The number of hydrogen-bond donors (Lipinski definition) is 1. The summed E-state index contributed by atoms with van der Waals surface area (Å²) in [6, 6.07) is 5.25. The molecule has 0 radical (unpaired) electrons. The topological polar surface area (TPSA) is 29.3 Å². The molecule has 1 aromatic carbocycles. The molecular weight excluding hydrogens is 263 g/mol. The Balaban J connectivity index is 1.74. The second kappa shape index (κ2) is 6.05. The van der Waals surface area contributed by atoms with E-state index in [4.69, 9.17) is 5.73 Å². The molecule has 3 heteroatoms. The average Bonchev–Trinajstić information content (AvgIpc) is 2.94. The molecule has 0 amide bonds. The van der Waals surface area contributed by atoms with Crippen molar-refractivity contribution in [1.29, 1.82) is 0 Å². The van der Waals surface area contributed by atoms with Crippen LogP contribution in [-0.4, -0.2) is 24.5 Å². The number of rotatable bonds is 3. The Hall–Kier alpha value is -0.930. The predicted octanol–water partition coefficient (Wildman–Crippen LogP) is 3.79. The van der Waals surface area contributed by atoms with Gasteiger partial charge in [0.1, 0.15) is 5.82 Å². The molecule has 1 saturated heterocycles. The first-order valence-electron chi connectivity index (χ1n) is 8.34. The maximum Gasteiger partial charge on any atom is 0.123 e. The molecule has 0 bridgehead atoms. The van der Waals surface area contributed by atoms with Crippen LogP contribution in [0.25, 0.3) is 0 Å². The van der Waals surface area contributed by atoms with E-state index in [2.05, 4.69) is 11.8 Å². The summed E-state index contributed by atoms with van der Waals surface area (Å²) >= 11 is 0. The van der Waals surface area contributed by atoms with Gasteiger partial charge in [0.2, 0.25) is 0 Å². The summed E-state index contributed by atoms with van der Waals surface area (Å²) in [4.78, 5) is 2.48. The monoisotopic (exact) mass is 290 g/mol. The molecule has 1 aliphatic heterocycles. The average molecular weight is 290 g/mol. The fourth-order valence-corrected chi connectivity index (χ4v) is 4.38. The van der Waals surface area contributed by atoms with Gasteiger partial charge in [-0.2, -0.15) is 0 Å². The highest BCUT2D eigenvalue weighted by Crippen LogP contribution is 2.47. The van der Waals surface area contributed by atoms with Crippen LogP contribution in [0.3, 0.4) is 0 Å². The third-order valence-corrected chi connectivity index (χ3v) is 5.79. The van der Waals surface area contributed by atoms with Crippen molar-refractivity contribution in [2.75, 3.05) is 19.6 Å². The minimum atomic E-state index is -0.154. The van der Waals surface area contributed by atoms with E-state index >= 15 is 0 Å². The molecule has 21 heavy (non-hydrogen) atoms. The molecule has 1 unspecified atom stereocenters. The Kier molecular flexibility index (Phi) is 4.32. The van der Waals surface area contributed by atoms with Gasteiger partial charge >= 0.3 is 0 Å². The van der Waals surface area contributed by atoms with Gasteiger partial charge < -0.3 is 5.73 Å². The van der Waals surface area contributed by atoms with Gasteiger partial charge in [-0.15, -0.1) is 0 Å². The van der Waals surface area contributed by atoms with E-state index in [1.54, 1.807) is 6.07 Å². The Bertz CT molecular complexity index is 484. The van der Waals surface area contributed by atoms with E-state index in [9.17, 15) is 4.39 Å². The van der Waals surface area contributed by atoms with E-state index in [1.807, 2.05) is 6.07 Å². The number of nitrogens with zero attached hydrogens (tertiary/aromatic N) is 1. The molecule has 116 valence electrons. The van der Waals surface area contributed by atoms with Crippen LogP contribution >= 0.6 is 0 Å². The van der Waals surface area contributed by atoms with Gasteiger partial charge in [0.15, 0.2) is 0 Å². The zero-order valence-electron chi connectivity index (χ0n) is 13.1. The van der Waals surface area contributed by atoms with E-state index < -0.39 is 0 Å². The Labute approximate surface area is 127 Å². The molecular formula is C18H27FN2. The summed E-state index contributed by atoms with van der Waals surface area (Å²) in [6.45, 7) is 4.84. The number of piperidine rings is 1. The summed E-state index contributed by atoms with van der Waals surface area (Å²) in [5, 5.41) is 0. The third-order valence-electron chi connectivity index (χ3n) is 5.79. The lowest BCUT2D eigenvalue weighted by molar-refractivity contribution is 0.0777. The van der Waals surface area contributed by atoms with Gasteiger partial charge in [0.25, 0.3) is 0 Å². The Morgan fingerprint density at radius 1 is 1.19 bits per heavy atom. The number of halogens is 1. The van der Waals surface area contributed by atoms with Crippen LogP contribution in [0.15, 0.2) is 18.2 Å². The van der Waals surface area contributed by atoms with E-state index in [-0.39, 0.29) is 11.9 Å². The molecule has 1 heterocycles. The molecule has 1 atom stereocenters. The van der Waals surface area contributed by atoms with Crippen LogP contribution in [0, 0.1) is 18.2 Å². The van der Waals surface area contributed by atoms with Crippen molar-refractivity contribution in [2.24, 2.45) is 11.1 Å². The molecule has 1 aliphatic carbocycles. The predicted molar refractivity (Wildman–Crippen MR) is 84.6 cm³/mol. The van der Waals surface area contributed by atoms with Gasteiger partial charge in [-0.1, -0.05) is 18.9 Å².